The predicted molar refractivity (Wildman–Crippen MR) is 143 cm³/mol. The number of aromatic amines is 1. The van der Waals surface area contributed by atoms with E-state index in [4.69, 9.17) is 10.5 Å². The quantitative estimate of drug-likeness (QED) is 0.163. The Morgan fingerprint density at radius 3 is 2.61 bits per heavy atom. The molecule has 0 fully saturated rings. The number of hydrogen-bond donors (Lipinski definition) is 5. The highest BCUT2D eigenvalue weighted by Gasteiger charge is 2.24. The molecule has 0 aliphatic heterocycles. The lowest BCUT2D eigenvalue weighted by Crippen LogP contribution is -2.19. The van der Waals surface area contributed by atoms with E-state index in [0.29, 0.717) is 31.7 Å². The maximum atomic E-state index is 13.5. The minimum atomic E-state index is -4.19. The summed E-state index contributed by atoms with van der Waals surface area (Å²) in [5.41, 5.74) is 8.24. The first kappa shape index (κ1) is 26.8. The van der Waals surface area contributed by atoms with E-state index >= 15 is 0 Å². The zero-order chi connectivity index (χ0) is 26.3. The number of carbonyl (C=O) groups is 1. The molecule has 1 amide bonds. The molecule has 0 unspecified atom stereocenters. The normalized spacial score (nSPS) is 11.4. The van der Waals surface area contributed by atoms with E-state index in [-0.39, 0.29) is 22.7 Å². The average Bonchev–Trinajstić information content (AvgIpc) is 3.24. The van der Waals surface area contributed by atoms with Crippen molar-refractivity contribution >= 4 is 38.2 Å². The van der Waals surface area contributed by atoms with Crippen LogP contribution in [-0.2, 0) is 27.6 Å². The summed E-state index contributed by atoms with van der Waals surface area (Å²) in [5.74, 6) is -1.37. The van der Waals surface area contributed by atoms with E-state index in [1.54, 1.807) is 24.3 Å². The van der Waals surface area contributed by atoms with Crippen molar-refractivity contribution in [2.45, 2.75) is 31.1 Å². The smallest absolute Gasteiger partial charge is 0.263 e. The van der Waals surface area contributed by atoms with Crippen LogP contribution >= 0.6 is 0 Å². The number of allylic oxidation sites excluding steroid dienone is 1. The summed E-state index contributed by atoms with van der Waals surface area (Å²) in [7, 11) is -4.19. The number of nitrogens with two attached hydrogens (primary N) is 1. The second kappa shape index (κ2) is 11.8. The highest BCUT2D eigenvalue weighted by atomic mass is 32.2. The Balaban J connectivity index is 1.97. The monoisotopic (exact) mass is 512 g/mol. The molecule has 0 aliphatic carbocycles. The molecule has 0 aliphatic rings. The molecule has 6 N–H and O–H groups in total. The fraction of sp³-hybridized carbons (Fsp3) is 0.269. The number of benzene rings is 2. The van der Waals surface area contributed by atoms with E-state index in [2.05, 4.69) is 28.2 Å². The third-order valence-corrected chi connectivity index (χ3v) is 6.98. The number of rotatable bonds is 14. The van der Waals surface area contributed by atoms with Gasteiger partial charge < -0.3 is 25.9 Å². The van der Waals surface area contributed by atoms with Crippen LogP contribution in [0.15, 0.2) is 60.5 Å². The molecular weight excluding hydrogens is 480 g/mol. The molecule has 0 radical (unpaired) electrons. The van der Waals surface area contributed by atoms with Crippen LogP contribution in [-0.4, -0.2) is 44.2 Å². The predicted octanol–water partition coefficient (Wildman–Crippen LogP) is 4.07. The van der Waals surface area contributed by atoms with Gasteiger partial charge in [0.1, 0.15) is 10.6 Å². The Labute approximate surface area is 211 Å². The summed E-state index contributed by atoms with van der Waals surface area (Å²) in [6.07, 6.45) is 5.54. The second-order valence-corrected chi connectivity index (χ2v) is 9.84. The van der Waals surface area contributed by atoms with Gasteiger partial charge in [0.25, 0.3) is 15.9 Å². The van der Waals surface area contributed by atoms with Gasteiger partial charge in [0, 0.05) is 29.2 Å². The average molecular weight is 513 g/mol. The topological polar surface area (TPSA) is 147 Å². The molecule has 36 heavy (non-hydrogen) atoms. The van der Waals surface area contributed by atoms with Gasteiger partial charge in [-0.25, -0.2) is 8.42 Å². The highest BCUT2D eigenvalue weighted by molar-refractivity contribution is 7.92. The van der Waals surface area contributed by atoms with Gasteiger partial charge in [0.05, 0.1) is 30.2 Å². The number of aromatic nitrogens is 1. The Morgan fingerprint density at radius 1 is 1.17 bits per heavy atom. The molecule has 2 aromatic carbocycles. The number of phenols is 1. The fourth-order valence-corrected chi connectivity index (χ4v) is 5.04. The molecule has 0 saturated carbocycles. The summed E-state index contributed by atoms with van der Waals surface area (Å²) >= 11 is 0. The lowest BCUT2D eigenvalue weighted by molar-refractivity contribution is 0.0997. The number of primary amides is 1. The van der Waals surface area contributed by atoms with Crippen molar-refractivity contribution in [2.75, 3.05) is 29.8 Å². The fourth-order valence-electron chi connectivity index (χ4n) is 3.81. The van der Waals surface area contributed by atoms with Gasteiger partial charge in [-0.3, -0.25) is 9.52 Å². The van der Waals surface area contributed by atoms with Gasteiger partial charge in [-0.2, -0.15) is 0 Å². The summed E-state index contributed by atoms with van der Waals surface area (Å²) in [4.78, 5) is 14.9. The van der Waals surface area contributed by atoms with Crippen LogP contribution in [0.4, 0.5) is 11.4 Å². The number of carbonyl (C=O) groups excluding carboxylic acids is 1. The van der Waals surface area contributed by atoms with Crippen LogP contribution in [0.5, 0.6) is 5.75 Å². The van der Waals surface area contributed by atoms with Crippen LogP contribution < -0.4 is 15.8 Å². The number of ether oxygens (including phenoxy) is 1. The van der Waals surface area contributed by atoms with Crippen molar-refractivity contribution in [2.24, 2.45) is 5.73 Å². The van der Waals surface area contributed by atoms with E-state index in [9.17, 15) is 18.3 Å². The van der Waals surface area contributed by atoms with Gasteiger partial charge in [0.2, 0.25) is 0 Å². The third-order valence-electron chi connectivity index (χ3n) is 5.56. The molecule has 0 bridgehead atoms. The van der Waals surface area contributed by atoms with Gasteiger partial charge in [0.15, 0.2) is 0 Å². The first-order chi connectivity index (χ1) is 17.2. The molecule has 3 rings (SSSR count). The number of fused-ring (bicyclic) bond motifs is 1. The third kappa shape index (κ3) is 6.27. The van der Waals surface area contributed by atoms with E-state index in [1.807, 2.05) is 13.0 Å². The zero-order valence-electron chi connectivity index (χ0n) is 20.3. The molecule has 0 spiro atoms. The first-order valence-corrected chi connectivity index (χ1v) is 13.1. The van der Waals surface area contributed by atoms with E-state index in [0.717, 1.165) is 34.6 Å². The van der Waals surface area contributed by atoms with Crippen LogP contribution in [0.3, 0.4) is 0 Å². The number of anilines is 2. The summed E-state index contributed by atoms with van der Waals surface area (Å²) in [6.45, 7) is 10.5. The second-order valence-electron chi connectivity index (χ2n) is 8.19. The number of sulfonamides is 1. The molecule has 0 atom stereocenters. The van der Waals surface area contributed by atoms with Crippen LogP contribution in [0, 0.1) is 0 Å². The van der Waals surface area contributed by atoms with Crippen LogP contribution in [0.25, 0.3) is 10.9 Å². The standard InChI is InChI=1S/C26H32N4O5S/c1-4-7-10-35-11-9-28-23-16-24(31)21(26(27)32)15-25(23)36(33,34)30-19-12-17(8-5-2)20-13-18(6-3)29-22(20)14-19/h4-5,12-16,28-31H,1-2,6-11H2,3H3,(H2,27,32). The lowest BCUT2D eigenvalue weighted by Gasteiger charge is -2.16. The van der Waals surface area contributed by atoms with Gasteiger partial charge >= 0.3 is 0 Å². The van der Waals surface area contributed by atoms with Crippen molar-refractivity contribution in [3.8, 4) is 5.75 Å². The van der Waals surface area contributed by atoms with Crippen molar-refractivity contribution < 1.29 is 23.1 Å². The molecule has 1 aromatic heterocycles. The number of H-pyrrole nitrogens is 1. The Kier molecular flexibility index (Phi) is 8.78. The molecule has 1 heterocycles. The summed E-state index contributed by atoms with van der Waals surface area (Å²) < 4.78 is 35.0. The Hall–Kier alpha value is -3.76. The lowest BCUT2D eigenvalue weighted by atomic mass is 10.1. The number of aryl methyl sites for hydroxylation is 1. The minimum absolute atomic E-state index is 0.109. The molecular formula is C26H32N4O5S. The number of hydrogen-bond acceptors (Lipinski definition) is 6. The first-order valence-electron chi connectivity index (χ1n) is 11.6. The zero-order valence-corrected chi connectivity index (χ0v) is 21.1. The van der Waals surface area contributed by atoms with Gasteiger partial charge in [-0.05, 0) is 49.1 Å². The number of aromatic hydroxyl groups is 1. The Bertz CT molecular complexity index is 1380. The minimum Gasteiger partial charge on any atom is -0.507 e. The maximum absolute atomic E-state index is 13.5. The van der Waals surface area contributed by atoms with E-state index < -0.39 is 21.7 Å². The molecule has 3 aromatic rings. The Morgan fingerprint density at radius 2 is 1.94 bits per heavy atom. The highest BCUT2D eigenvalue weighted by Crippen LogP contribution is 2.32. The molecule has 192 valence electrons. The largest absolute Gasteiger partial charge is 0.507 e. The summed E-state index contributed by atoms with van der Waals surface area (Å²) in [6, 6.07) is 7.75. The molecule has 10 heteroatoms. The van der Waals surface area contributed by atoms with Crippen LogP contribution in [0.1, 0.15) is 35.0 Å². The molecule has 9 nitrogen and oxygen atoms in total. The van der Waals surface area contributed by atoms with Crippen molar-refractivity contribution in [3.63, 3.8) is 0 Å². The molecule has 0 saturated heterocycles. The number of nitrogens with one attached hydrogen (secondary N) is 3. The SMILES string of the molecule is C=CCCOCCNc1cc(O)c(C(N)=O)cc1S(=O)(=O)Nc1cc(CC=C)c2cc(CC)[nH]c2c1. The maximum Gasteiger partial charge on any atom is 0.263 e. The van der Waals surface area contributed by atoms with Crippen molar-refractivity contribution in [1.29, 1.82) is 0 Å². The van der Waals surface area contributed by atoms with E-state index in [1.165, 1.54) is 6.07 Å². The summed E-state index contributed by atoms with van der Waals surface area (Å²) in [5, 5.41) is 14.2. The van der Waals surface area contributed by atoms with Gasteiger partial charge in [-0.1, -0.05) is 19.1 Å². The van der Waals surface area contributed by atoms with Gasteiger partial charge in [-0.15, -0.1) is 13.2 Å². The van der Waals surface area contributed by atoms with Crippen LogP contribution in [0.2, 0.25) is 0 Å². The van der Waals surface area contributed by atoms with Crippen molar-refractivity contribution in [3.05, 3.63) is 72.5 Å². The number of amides is 1. The van der Waals surface area contributed by atoms with Crippen molar-refractivity contribution in [1.82, 2.24) is 4.98 Å².